The van der Waals surface area contributed by atoms with Crippen LogP contribution in [-0.2, 0) is 25.5 Å². The van der Waals surface area contributed by atoms with Crippen LogP contribution in [0.1, 0.15) is 23.1 Å². The first kappa shape index (κ1) is 21.9. The van der Waals surface area contributed by atoms with Crippen molar-refractivity contribution in [2.45, 2.75) is 26.7 Å². The maximum atomic E-state index is 12.0. The van der Waals surface area contributed by atoms with E-state index in [1.165, 1.54) is 0 Å². The van der Waals surface area contributed by atoms with Crippen molar-refractivity contribution in [2.75, 3.05) is 25.6 Å². The zero-order valence-corrected chi connectivity index (χ0v) is 16.9. The predicted octanol–water partition coefficient (Wildman–Crippen LogP) is 2.54. The van der Waals surface area contributed by atoms with E-state index in [9.17, 15) is 14.4 Å². The van der Waals surface area contributed by atoms with Gasteiger partial charge >= 0.3 is 5.97 Å². The topological polar surface area (TPSA) is 93.7 Å². The number of hydrogen-bond acceptors (Lipinski definition) is 5. The van der Waals surface area contributed by atoms with E-state index in [1.54, 1.807) is 13.2 Å². The number of rotatable bonds is 9. The lowest BCUT2D eigenvalue weighted by Gasteiger charge is -2.11. The summed E-state index contributed by atoms with van der Waals surface area (Å²) in [5.74, 6) is -0.609. The highest BCUT2D eigenvalue weighted by Crippen LogP contribution is 2.17. The Balaban J connectivity index is 1.66. The molecule has 0 aromatic heterocycles. The summed E-state index contributed by atoms with van der Waals surface area (Å²) in [6.07, 6.45) is 0.662. The second-order valence-corrected chi connectivity index (χ2v) is 6.58. The zero-order chi connectivity index (χ0) is 21.2. The summed E-state index contributed by atoms with van der Waals surface area (Å²) < 4.78 is 10.0. The van der Waals surface area contributed by atoms with Gasteiger partial charge in [0, 0.05) is 12.1 Å². The van der Waals surface area contributed by atoms with Gasteiger partial charge in [0.2, 0.25) is 5.91 Å². The molecule has 0 aliphatic heterocycles. The Kier molecular flexibility index (Phi) is 8.21. The molecule has 0 spiro atoms. The third kappa shape index (κ3) is 7.29. The van der Waals surface area contributed by atoms with Crippen LogP contribution in [0.25, 0.3) is 0 Å². The smallest absolute Gasteiger partial charge is 0.306 e. The van der Waals surface area contributed by atoms with Crippen molar-refractivity contribution >= 4 is 23.5 Å². The van der Waals surface area contributed by atoms with E-state index < -0.39 is 18.5 Å². The number of anilines is 1. The number of ether oxygens (including phenoxy) is 2. The van der Waals surface area contributed by atoms with Gasteiger partial charge in [-0.05, 0) is 55.2 Å². The molecule has 0 unspecified atom stereocenters. The minimum absolute atomic E-state index is 0.159. The number of amides is 2. The number of methoxy groups -OCH3 is 1. The Morgan fingerprint density at radius 2 is 1.69 bits per heavy atom. The zero-order valence-electron chi connectivity index (χ0n) is 16.9. The van der Waals surface area contributed by atoms with E-state index in [0.717, 1.165) is 22.4 Å². The quantitative estimate of drug-likeness (QED) is 0.633. The second kappa shape index (κ2) is 10.8. The number of carbonyl (C=O) groups is 3. The van der Waals surface area contributed by atoms with Gasteiger partial charge in [-0.25, -0.2) is 0 Å². The third-order valence-electron chi connectivity index (χ3n) is 4.47. The number of esters is 1. The molecule has 2 aromatic rings. The monoisotopic (exact) mass is 398 g/mol. The van der Waals surface area contributed by atoms with Crippen LogP contribution in [0, 0.1) is 13.8 Å². The molecule has 0 saturated heterocycles. The molecule has 2 amide bonds. The Bertz CT molecular complexity index is 862. The lowest BCUT2D eigenvalue weighted by molar-refractivity contribution is -0.148. The maximum absolute atomic E-state index is 12.0. The van der Waals surface area contributed by atoms with E-state index in [-0.39, 0.29) is 18.9 Å². The van der Waals surface area contributed by atoms with Gasteiger partial charge in [-0.15, -0.1) is 0 Å². The molecule has 7 nitrogen and oxygen atoms in total. The third-order valence-corrected chi connectivity index (χ3v) is 4.47. The molecule has 2 aromatic carbocycles. The average molecular weight is 398 g/mol. The molecule has 154 valence electrons. The summed E-state index contributed by atoms with van der Waals surface area (Å²) in [5, 5.41) is 5.18. The summed E-state index contributed by atoms with van der Waals surface area (Å²) in [4.78, 5) is 35.6. The average Bonchev–Trinajstić information content (AvgIpc) is 2.73. The van der Waals surface area contributed by atoms with Gasteiger partial charge in [0.15, 0.2) is 6.61 Å². The maximum Gasteiger partial charge on any atom is 0.306 e. The van der Waals surface area contributed by atoms with Crippen molar-refractivity contribution < 1.29 is 23.9 Å². The number of benzene rings is 2. The van der Waals surface area contributed by atoms with Gasteiger partial charge in [0.1, 0.15) is 5.75 Å². The van der Waals surface area contributed by atoms with Crippen molar-refractivity contribution in [1.82, 2.24) is 5.32 Å². The van der Waals surface area contributed by atoms with Crippen molar-refractivity contribution in [2.24, 2.45) is 0 Å². The van der Waals surface area contributed by atoms with Crippen LogP contribution in [0.5, 0.6) is 5.75 Å². The molecule has 7 heteroatoms. The molecule has 0 fully saturated rings. The fourth-order valence-corrected chi connectivity index (χ4v) is 2.57. The summed E-state index contributed by atoms with van der Waals surface area (Å²) in [6, 6.07) is 13.0. The molecule has 0 aliphatic carbocycles. The fraction of sp³-hybridized carbons (Fsp3) is 0.318. The summed E-state index contributed by atoms with van der Waals surface area (Å²) >= 11 is 0. The first-order chi connectivity index (χ1) is 13.9. The van der Waals surface area contributed by atoms with Crippen LogP contribution < -0.4 is 15.4 Å². The van der Waals surface area contributed by atoms with E-state index in [4.69, 9.17) is 9.47 Å². The highest BCUT2D eigenvalue weighted by atomic mass is 16.5. The SMILES string of the molecule is COc1ccc(CCC(=O)OCC(=O)NCC(=O)Nc2cccc(C)c2C)cc1. The largest absolute Gasteiger partial charge is 0.497 e. The molecular formula is C22H26N2O5. The van der Waals surface area contributed by atoms with E-state index >= 15 is 0 Å². The van der Waals surface area contributed by atoms with Crippen molar-refractivity contribution in [3.8, 4) is 5.75 Å². The Hall–Kier alpha value is -3.35. The Morgan fingerprint density at radius 3 is 2.38 bits per heavy atom. The van der Waals surface area contributed by atoms with Gasteiger partial charge in [-0.2, -0.15) is 0 Å². The van der Waals surface area contributed by atoms with Gasteiger partial charge < -0.3 is 20.1 Å². The minimum atomic E-state index is -0.529. The van der Waals surface area contributed by atoms with Crippen LogP contribution in [0.3, 0.4) is 0 Å². The van der Waals surface area contributed by atoms with E-state index in [2.05, 4.69) is 10.6 Å². The first-order valence-corrected chi connectivity index (χ1v) is 9.30. The Labute approximate surface area is 170 Å². The molecule has 0 saturated carbocycles. The lowest BCUT2D eigenvalue weighted by Crippen LogP contribution is -2.35. The fourth-order valence-electron chi connectivity index (χ4n) is 2.57. The summed E-state index contributed by atoms with van der Waals surface area (Å²) in [7, 11) is 1.59. The molecule has 2 N–H and O–H groups in total. The lowest BCUT2D eigenvalue weighted by atomic mass is 10.1. The van der Waals surface area contributed by atoms with Crippen LogP contribution in [-0.4, -0.2) is 38.0 Å². The highest BCUT2D eigenvalue weighted by molar-refractivity contribution is 5.95. The number of aryl methyl sites for hydroxylation is 2. The number of nitrogens with one attached hydrogen (secondary N) is 2. The van der Waals surface area contributed by atoms with Crippen LogP contribution >= 0.6 is 0 Å². The standard InChI is InChI=1S/C22H26N2O5/c1-15-5-4-6-19(16(15)2)24-20(25)13-23-21(26)14-29-22(27)12-9-17-7-10-18(28-3)11-8-17/h4-8,10-11H,9,12-14H2,1-3H3,(H,23,26)(H,24,25). The van der Waals surface area contributed by atoms with Crippen LogP contribution in [0.2, 0.25) is 0 Å². The van der Waals surface area contributed by atoms with Crippen molar-refractivity contribution in [1.29, 1.82) is 0 Å². The van der Waals surface area contributed by atoms with Gasteiger partial charge in [-0.1, -0.05) is 24.3 Å². The minimum Gasteiger partial charge on any atom is -0.497 e. The van der Waals surface area contributed by atoms with Crippen molar-refractivity contribution in [3.63, 3.8) is 0 Å². The molecule has 0 atom stereocenters. The van der Waals surface area contributed by atoms with E-state index in [0.29, 0.717) is 12.1 Å². The molecule has 29 heavy (non-hydrogen) atoms. The van der Waals surface area contributed by atoms with Gasteiger partial charge in [-0.3, -0.25) is 14.4 Å². The highest BCUT2D eigenvalue weighted by Gasteiger charge is 2.11. The summed E-state index contributed by atoms with van der Waals surface area (Å²) in [5.41, 5.74) is 3.70. The molecular weight excluding hydrogens is 372 g/mol. The van der Waals surface area contributed by atoms with Crippen molar-refractivity contribution in [3.05, 3.63) is 59.2 Å². The van der Waals surface area contributed by atoms with Crippen LogP contribution in [0.15, 0.2) is 42.5 Å². The summed E-state index contributed by atoms with van der Waals surface area (Å²) in [6.45, 7) is 3.25. The number of hydrogen-bond donors (Lipinski definition) is 2. The number of carbonyl (C=O) groups excluding carboxylic acids is 3. The van der Waals surface area contributed by atoms with Gasteiger partial charge in [0.25, 0.3) is 5.91 Å². The first-order valence-electron chi connectivity index (χ1n) is 9.30. The normalized spacial score (nSPS) is 10.2. The second-order valence-electron chi connectivity index (χ2n) is 6.58. The van der Waals surface area contributed by atoms with E-state index in [1.807, 2.05) is 50.2 Å². The molecule has 0 radical (unpaired) electrons. The molecule has 0 bridgehead atoms. The molecule has 0 aliphatic rings. The van der Waals surface area contributed by atoms with Crippen LogP contribution in [0.4, 0.5) is 5.69 Å². The molecule has 0 heterocycles. The van der Waals surface area contributed by atoms with Gasteiger partial charge in [0.05, 0.1) is 13.7 Å². The Morgan fingerprint density at radius 1 is 0.966 bits per heavy atom. The predicted molar refractivity (Wildman–Crippen MR) is 110 cm³/mol. The molecule has 2 rings (SSSR count).